The van der Waals surface area contributed by atoms with Crippen molar-refractivity contribution >= 4 is 40.8 Å². The molecule has 1 atom stereocenters. The lowest BCUT2D eigenvalue weighted by atomic mass is 10.1. The van der Waals surface area contributed by atoms with Gasteiger partial charge in [0.2, 0.25) is 5.91 Å². The summed E-state index contributed by atoms with van der Waals surface area (Å²) < 4.78 is 10.2. The van der Waals surface area contributed by atoms with Crippen LogP contribution in [0.1, 0.15) is 6.42 Å². The highest BCUT2D eigenvalue weighted by atomic mass is 35.5. The Kier molecular flexibility index (Phi) is 6.16. The van der Waals surface area contributed by atoms with Crippen LogP contribution >= 0.6 is 11.6 Å². The fourth-order valence-electron chi connectivity index (χ4n) is 2.96. The van der Waals surface area contributed by atoms with Crippen LogP contribution in [0.5, 0.6) is 5.75 Å². The number of ether oxygens (including phenoxy) is 2. The van der Waals surface area contributed by atoms with Gasteiger partial charge in [-0.25, -0.2) is 0 Å². The van der Waals surface area contributed by atoms with Crippen molar-refractivity contribution in [1.29, 1.82) is 0 Å². The maximum absolute atomic E-state index is 12.3. The van der Waals surface area contributed by atoms with E-state index < -0.39 is 24.4 Å². The molecule has 1 fully saturated rings. The number of nitrogens with zero attached hydrogens (tertiary/aromatic N) is 1. The summed E-state index contributed by atoms with van der Waals surface area (Å²) in [5.41, 5.74) is 1.03. The van der Waals surface area contributed by atoms with E-state index in [-0.39, 0.29) is 18.9 Å². The second-order valence-electron chi connectivity index (χ2n) is 6.21. The molecule has 0 bridgehead atoms. The Labute approximate surface area is 167 Å². The van der Waals surface area contributed by atoms with E-state index in [4.69, 9.17) is 21.1 Å². The molecule has 2 aromatic carbocycles. The zero-order chi connectivity index (χ0) is 20.1. The lowest BCUT2D eigenvalue weighted by Gasteiger charge is -2.17. The molecular weight excluding hydrogens is 384 g/mol. The number of anilines is 2. The summed E-state index contributed by atoms with van der Waals surface area (Å²) in [6, 6.07) is 13.8. The van der Waals surface area contributed by atoms with Crippen LogP contribution in [0.15, 0.2) is 48.5 Å². The number of benzene rings is 2. The maximum atomic E-state index is 12.3. The molecule has 0 spiro atoms. The van der Waals surface area contributed by atoms with E-state index in [1.165, 1.54) is 12.0 Å². The lowest BCUT2D eigenvalue weighted by Crippen LogP contribution is -2.28. The van der Waals surface area contributed by atoms with Gasteiger partial charge in [0, 0.05) is 13.0 Å². The van der Waals surface area contributed by atoms with Gasteiger partial charge in [-0.15, -0.1) is 0 Å². The lowest BCUT2D eigenvalue weighted by molar-refractivity contribution is -0.151. The molecule has 0 aromatic heterocycles. The molecule has 2 amide bonds. The van der Waals surface area contributed by atoms with Crippen molar-refractivity contribution in [2.75, 3.05) is 30.5 Å². The predicted molar refractivity (Wildman–Crippen MR) is 104 cm³/mol. The monoisotopic (exact) mass is 402 g/mol. The summed E-state index contributed by atoms with van der Waals surface area (Å²) in [5.74, 6) is -1.46. The van der Waals surface area contributed by atoms with Gasteiger partial charge in [0.15, 0.2) is 6.61 Å². The minimum absolute atomic E-state index is 0.0121. The Hall–Kier alpha value is -3.06. The van der Waals surface area contributed by atoms with Crippen molar-refractivity contribution in [3.05, 3.63) is 53.6 Å². The molecule has 3 rings (SSSR count). The third kappa shape index (κ3) is 4.43. The molecule has 0 aliphatic carbocycles. The van der Waals surface area contributed by atoms with Gasteiger partial charge >= 0.3 is 5.97 Å². The van der Waals surface area contributed by atoms with Gasteiger partial charge in [0.25, 0.3) is 5.91 Å². The van der Waals surface area contributed by atoms with E-state index in [9.17, 15) is 14.4 Å². The molecule has 1 saturated heterocycles. The molecule has 28 heavy (non-hydrogen) atoms. The summed E-state index contributed by atoms with van der Waals surface area (Å²) in [6.07, 6.45) is 0.0121. The van der Waals surface area contributed by atoms with Crippen LogP contribution < -0.4 is 15.0 Å². The molecule has 0 saturated carbocycles. The Bertz CT molecular complexity index is 902. The van der Waals surface area contributed by atoms with Crippen LogP contribution in [0.25, 0.3) is 0 Å². The molecule has 1 aliphatic rings. The molecule has 1 aliphatic heterocycles. The Morgan fingerprint density at radius 1 is 1.18 bits per heavy atom. The van der Waals surface area contributed by atoms with Crippen molar-refractivity contribution in [3.63, 3.8) is 0 Å². The van der Waals surface area contributed by atoms with Crippen LogP contribution in [0.4, 0.5) is 11.4 Å². The van der Waals surface area contributed by atoms with Crippen molar-refractivity contribution in [2.24, 2.45) is 5.92 Å². The van der Waals surface area contributed by atoms with Gasteiger partial charge in [0.1, 0.15) is 5.75 Å². The fourth-order valence-corrected chi connectivity index (χ4v) is 3.20. The zero-order valence-corrected chi connectivity index (χ0v) is 15.9. The van der Waals surface area contributed by atoms with Gasteiger partial charge in [-0.3, -0.25) is 14.4 Å². The molecule has 0 radical (unpaired) electrons. The number of hydrogen-bond donors (Lipinski definition) is 1. The number of nitrogens with one attached hydrogen (secondary N) is 1. The van der Waals surface area contributed by atoms with Gasteiger partial charge in [-0.2, -0.15) is 0 Å². The average molecular weight is 403 g/mol. The first-order chi connectivity index (χ1) is 13.5. The first kappa shape index (κ1) is 19.7. The van der Waals surface area contributed by atoms with E-state index in [0.29, 0.717) is 22.1 Å². The number of halogens is 1. The zero-order valence-electron chi connectivity index (χ0n) is 15.2. The molecule has 0 unspecified atom stereocenters. The van der Waals surface area contributed by atoms with Gasteiger partial charge in [0.05, 0.1) is 29.4 Å². The van der Waals surface area contributed by atoms with Crippen molar-refractivity contribution in [1.82, 2.24) is 0 Å². The summed E-state index contributed by atoms with van der Waals surface area (Å²) >= 11 is 6.13. The topological polar surface area (TPSA) is 84.9 Å². The van der Waals surface area contributed by atoms with Crippen molar-refractivity contribution in [3.8, 4) is 5.75 Å². The fraction of sp³-hybridized carbons (Fsp3) is 0.250. The molecule has 7 nitrogen and oxygen atoms in total. The minimum Gasteiger partial charge on any atom is -0.495 e. The second-order valence-corrected chi connectivity index (χ2v) is 6.62. The first-order valence-electron chi connectivity index (χ1n) is 8.64. The largest absolute Gasteiger partial charge is 0.495 e. The number of hydrogen-bond acceptors (Lipinski definition) is 5. The van der Waals surface area contributed by atoms with E-state index in [0.717, 1.165) is 0 Å². The summed E-state index contributed by atoms with van der Waals surface area (Å²) in [5, 5.41) is 3.05. The van der Waals surface area contributed by atoms with Gasteiger partial charge in [-0.05, 0) is 24.3 Å². The number of rotatable bonds is 6. The van der Waals surface area contributed by atoms with E-state index >= 15 is 0 Å². The first-order valence-corrected chi connectivity index (χ1v) is 9.01. The number of methoxy groups -OCH3 is 1. The predicted octanol–water partition coefficient (Wildman–Crippen LogP) is 2.88. The molecule has 2 aromatic rings. The average Bonchev–Trinajstić information content (AvgIpc) is 3.08. The Balaban J connectivity index is 1.55. The molecule has 1 heterocycles. The van der Waals surface area contributed by atoms with Gasteiger partial charge < -0.3 is 19.7 Å². The summed E-state index contributed by atoms with van der Waals surface area (Å²) in [6.45, 7) is -0.288. The quantitative estimate of drug-likeness (QED) is 0.751. The van der Waals surface area contributed by atoms with Crippen LogP contribution in [0, 0.1) is 5.92 Å². The van der Waals surface area contributed by atoms with E-state index in [1.807, 2.05) is 0 Å². The highest BCUT2D eigenvalue weighted by Crippen LogP contribution is 2.31. The molecule has 146 valence electrons. The summed E-state index contributed by atoms with van der Waals surface area (Å²) in [7, 11) is 1.49. The standard InChI is InChI=1S/C20H19ClN2O5/c1-27-17-9-5-3-7-15(17)22-18(24)12-28-20(26)13-10-19(25)23(11-13)16-8-4-2-6-14(16)21/h2-9,13H,10-12H2,1H3,(H,22,24)/t13-/m0/s1. The molecular formula is C20H19ClN2O5. The SMILES string of the molecule is COc1ccccc1NC(=O)COC(=O)[C@H]1CC(=O)N(c2ccccc2Cl)C1. The van der Waals surface area contributed by atoms with Crippen LogP contribution in [-0.4, -0.2) is 38.0 Å². The van der Waals surface area contributed by atoms with Crippen molar-refractivity contribution in [2.45, 2.75) is 6.42 Å². The van der Waals surface area contributed by atoms with Crippen LogP contribution in [0.3, 0.4) is 0 Å². The minimum atomic E-state index is -0.650. The Morgan fingerprint density at radius 2 is 1.89 bits per heavy atom. The number of amides is 2. The smallest absolute Gasteiger partial charge is 0.311 e. The summed E-state index contributed by atoms with van der Waals surface area (Å²) in [4.78, 5) is 38.1. The number of carbonyl (C=O) groups is 3. The van der Waals surface area contributed by atoms with E-state index in [2.05, 4.69) is 5.32 Å². The highest BCUT2D eigenvalue weighted by molar-refractivity contribution is 6.33. The normalized spacial score (nSPS) is 16.0. The second kappa shape index (κ2) is 8.75. The highest BCUT2D eigenvalue weighted by Gasteiger charge is 2.37. The van der Waals surface area contributed by atoms with Crippen LogP contribution in [0.2, 0.25) is 5.02 Å². The number of carbonyl (C=O) groups excluding carboxylic acids is 3. The van der Waals surface area contributed by atoms with Crippen molar-refractivity contribution < 1.29 is 23.9 Å². The van der Waals surface area contributed by atoms with Crippen LogP contribution in [-0.2, 0) is 19.1 Å². The van der Waals surface area contributed by atoms with Gasteiger partial charge in [-0.1, -0.05) is 35.9 Å². The third-order valence-electron chi connectivity index (χ3n) is 4.33. The van der Waals surface area contributed by atoms with E-state index in [1.54, 1.807) is 48.5 Å². The maximum Gasteiger partial charge on any atom is 0.311 e. The molecule has 8 heteroatoms. The third-order valence-corrected chi connectivity index (χ3v) is 4.65. The number of esters is 1. The molecule has 1 N–H and O–H groups in total. The number of para-hydroxylation sites is 3. The Morgan fingerprint density at radius 3 is 2.64 bits per heavy atom.